The second kappa shape index (κ2) is 6.80. The normalized spacial score (nSPS) is 17.2. The fraction of sp³-hybridized carbons (Fsp3) is 0.467. The number of amides is 2. The molecule has 0 spiro atoms. The predicted molar refractivity (Wildman–Crippen MR) is 83.1 cm³/mol. The van der Waals surface area contributed by atoms with Gasteiger partial charge in [0, 0.05) is 12.2 Å². The quantitative estimate of drug-likeness (QED) is 0.851. The van der Waals surface area contributed by atoms with E-state index in [1.807, 2.05) is 0 Å². The van der Waals surface area contributed by atoms with Crippen molar-refractivity contribution in [1.29, 1.82) is 0 Å². The van der Waals surface area contributed by atoms with Crippen molar-refractivity contribution in [3.8, 4) is 5.75 Å². The first-order chi connectivity index (χ1) is 10.1. The molecule has 1 N–H and O–H groups in total. The van der Waals surface area contributed by atoms with Crippen LogP contribution in [0.4, 0.5) is 11.4 Å². The van der Waals surface area contributed by atoms with E-state index >= 15 is 0 Å². The summed E-state index contributed by atoms with van der Waals surface area (Å²) >= 11 is 5.48. The zero-order valence-electron chi connectivity index (χ0n) is 12.2. The number of alkyl halides is 1. The van der Waals surface area contributed by atoms with Crippen molar-refractivity contribution in [3.63, 3.8) is 0 Å². The number of rotatable bonds is 5. The molecule has 0 aromatic heterocycles. The number of carbonyl (C=O) groups is 2. The molecule has 1 aromatic carbocycles. The molecule has 5 nitrogen and oxygen atoms in total. The highest BCUT2D eigenvalue weighted by Gasteiger charge is 2.31. The summed E-state index contributed by atoms with van der Waals surface area (Å²) in [4.78, 5) is 25.4. The van der Waals surface area contributed by atoms with Gasteiger partial charge in [-0.25, -0.2) is 0 Å². The first-order valence-electron chi connectivity index (χ1n) is 7.04. The molecule has 0 radical (unpaired) electrons. The third-order valence-electron chi connectivity index (χ3n) is 3.31. The van der Waals surface area contributed by atoms with Crippen LogP contribution in [0.15, 0.2) is 18.2 Å². The summed E-state index contributed by atoms with van der Waals surface area (Å²) in [5, 5.41) is 2.68. The van der Waals surface area contributed by atoms with Crippen LogP contribution in [0.5, 0.6) is 5.75 Å². The number of nitrogens with one attached hydrogen (secondary N) is 1. The van der Waals surface area contributed by atoms with Gasteiger partial charge in [0.2, 0.25) is 5.91 Å². The van der Waals surface area contributed by atoms with Crippen molar-refractivity contribution >= 4 is 34.8 Å². The van der Waals surface area contributed by atoms with E-state index in [1.165, 1.54) is 0 Å². The van der Waals surface area contributed by atoms with Gasteiger partial charge in [-0.3, -0.25) is 9.59 Å². The fourth-order valence-electron chi connectivity index (χ4n) is 2.23. The minimum Gasteiger partial charge on any atom is -0.479 e. The van der Waals surface area contributed by atoms with Gasteiger partial charge in [-0.15, -0.1) is 11.6 Å². The highest BCUT2D eigenvalue weighted by atomic mass is 35.5. The summed E-state index contributed by atoms with van der Waals surface area (Å²) in [7, 11) is 0. The van der Waals surface area contributed by atoms with E-state index in [-0.39, 0.29) is 17.7 Å². The Balaban J connectivity index is 2.31. The number of hydrogen-bond acceptors (Lipinski definition) is 3. The Hall–Kier alpha value is -1.75. The highest BCUT2D eigenvalue weighted by Crippen LogP contribution is 2.36. The van der Waals surface area contributed by atoms with Gasteiger partial charge in [0.15, 0.2) is 6.10 Å². The average molecular weight is 311 g/mol. The van der Waals surface area contributed by atoms with Crippen LogP contribution < -0.4 is 15.0 Å². The molecule has 1 aliphatic heterocycles. The van der Waals surface area contributed by atoms with Gasteiger partial charge in [0.1, 0.15) is 11.6 Å². The Kier molecular flexibility index (Phi) is 5.07. The lowest BCUT2D eigenvalue weighted by Gasteiger charge is -2.33. The molecule has 0 bridgehead atoms. The molecule has 1 aromatic rings. The van der Waals surface area contributed by atoms with E-state index in [0.717, 1.165) is 12.8 Å². The molecule has 0 aliphatic carbocycles. The lowest BCUT2D eigenvalue weighted by Crippen LogP contribution is -2.44. The molecule has 0 fully saturated rings. The van der Waals surface area contributed by atoms with Crippen molar-refractivity contribution in [1.82, 2.24) is 0 Å². The van der Waals surface area contributed by atoms with Crippen molar-refractivity contribution in [2.45, 2.75) is 32.8 Å². The van der Waals surface area contributed by atoms with E-state index in [4.69, 9.17) is 16.3 Å². The number of halogens is 1. The van der Waals surface area contributed by atoms with Crippen LogP contribution in [0.1, 0.15) is 26.7 Å². The van der Waals surface area contributed by atoms with Gasteiger partial charge in [0.25, 0.3) is 5.91 Å². The van der Waals surface area contributed by atoms with E-state index < -0.39 is 6.10 Å². The third-order valence-corrected chi connectivity index (χ3v) is 3.55. The van der Waals surface area contributed by atoms with Gasteiger partial charge in [0.05, 0.1) is 5.69 Å². The Morgan fingerprint density at radius 3 is 2.90 bits per heavy atom. The number of hydrogen-bond donors (Lipinski definition) is 1. The SMILES string of the molecule is CCCCN1C(=O)C(C)Oc2ccc(NC(=O)CCl)cc21. The van der Waals surface area contributed by atoms with Crippen LogP contribution in [0.25, 0.3) is 0 Å². The van der Waals surface area contributed by atoms with Crippen LogP contribution in [0, 0.1) is 0 Å². The number of carbonyl (C=O) groups excluding carboxylic acids is 2. The summed E-state index contributed by atoms with van der Waals surface area (Å²) in [6.07, 6.45) is 1.42. The number of ether oxygens (including phenoxy) is 1. The van der Waals surface area contributed by atoms with E-state index in [9.17, 15) is 9.59 Å². The molecule has 114 valence electrons. The zero-order chi connectivity index (χ0) is 15.4. The second-order valence-electron chi connectivity index (χ2n) is 4.97. The Morgan fingerprint density at radius 2 is 2.24 bits per heavy atom. The smallest absolute Gasteiger partial charge is 0.267 e. The highest BCUT2D eigenvalue weighted by molar-refractivity contribution is 6.29. The number of nitrogens with zero attached hydrogens (tertiary/aromatic N) is 1. The molecule has 6 heteroatoms. The minimum atomic E-state index is -0.488. The average Bonchev–Trinajstić information content (AvgIpc) is 2.48. The third kappa shape index (κ3) is 3.47. The van der Waals surface area contributed by atoms with Crippen LogP contribution in [-0.4, -0.2) is 30.3 Å². The van der Waals surface area contributed by atoms with Crippen LogP contribution in [0.3, 0.4) is 0 Å². The first-order valence-corrected chi connectivity index (χ1v) is 7.58. The van der Waals surface area contributed by atoms with Gasteiger partial charge in [-0.05, 0) is 31.5 Å². The maximum Gasteiger partial charge on any atom is 0.267 e. The van der Waals surface area contributed by atoms with Gasteiger partial charge in [-0.2, -0.15) is 0 Å². The number of unbranched alkanes of at least 4 members (excludes halogenated alkanes) is 1. The largest absolute Gasteiger partial charge is 0.479 e. The van der Waals surface area contributed by atoms with Crippen LogP contribution >= 0.6 is 11.6 Å². The zero-order valence-corrected chi connectivity index (χ0v) is 12.9. The molecule has 1 unspecified atom stereocenters. The first kappa shape index (κ1) is 15.6. The second-order valence-corrected chi connectivity index (χ2v) is 5.24. The summed E-state index contributed by atoms with van der Waals surface area (Å²) < 4.78 is 5.61. The van der Waals surface area contributed by atoms with Crippen molar-refractivity contribution in [2.24, 2.45) is 0 Å². The Bertz CT molecular complexity index is 548. The summed E-state index contributed by atoms with van der Waals surface area (Å²) in [6.45, 7) is 4.46. The Labute approximate surface area is 129 Å². The van der Waals surface area contributed by atoms with Gasteiger partial charge in [-0.1, -0.05) is 13.3 Å². The van der Waals surface area contributed by atoms with Gasteiger partial charge < -0.3 is 15.0 Å². The molecule has 2 amide bonds. The van der Waals surface area contributed by atoms with E-state index in [2.05, 4.69) is 12.2 Å². The maximum absolute atomic E-state index is 12.3. The van der Waals surface area contributed by atoms with Gasteiger partial charge >= 0.3 is 0 Å². The number of benzene rings is 1. The fourth-order valence-corrected chi connectivity index (χ4v) is 2.29. The molecule has 1 aliphatic rings. The van der Waals surface area contributed by atoms with Crippen LogP contribution in [-0.2, 0) is 9.59 Å². The van der Waals surface area contributed by atoms with E-state index in [1.54, 1.807) is 30.0 Å². The lowest BCUT2D eigenvalue weighted by atomic mass is 10.1. The molecule has 0 saturated carbocycles. The number of fused-ring (bicyclic) bond motifs is 1. The van der Waals surface area contributed by atoms with Crippen molar-refractivity contribution in [3.05, 3.63) is 18.2 Å². The number of anilines is 2. The maximum atomic E-state index is 12.3. The molecular formula is C15H19ClN2O3. The van der Waals surface area contributed by atoms with Crippen molar-refractivity contribution < 1.29 is 14.3 Å². The van der Waals surface area contributed by atoms with E-state index in [0.29, 0.717) is 23.7 Å². The summed E-state index contributed by atoms with van der Waals surface area (Å²) in [6, 6.07) is 5.25. The molecular weight excluding hydrogens is 292 g/mol. The Morgan fingerprint density at radius 1 is 1.48 bits per heavy atom. The summed E-state index contributed by atoms with van der Waals surface area (Å²) in [5.74, 6) is 0.204. The molecule has 1 heterocycles. The van der Waals surface area contributed by atoms with Crippen molar-refractivity contribution in [2.75, 3.05) is 22.6 Å². The molecule has 1 atom stereocenters. The predicted octanol–water partition coefficient (Wildman–Crippen LogP) is 2.78. The minimum absolute atomic E-state index is 0.0585. The summed E-state index contributed by atoms with van der Waals surface area (Å²) in [5.41, 5.74) is 1.30. The topological polar surface area (TPSA) is 58.6 Å². The monoisotopic (exact) mass is 310 g/mol. The molecule has 0 saturated heterocycles. The molecule has 21 heavy (non-hydrogen) atoms. The van der Waals surface area contributed by atoms with Crippen LogP contribution in [0.2, 0.25) is 0 Å². The lowest BCUT2D eigenvalue weighted by molar-refractivity contribution is -0.125. The standard InChI is InChI=1S/C15H19ClN2O3/c1-3-4-7-18-12-8-11(17-14(19)9-16)5-6-13(12)21-10(2)15(18)20/h5-6,8,10H,3-4,7,9H2,1-2H3,(H,17,19). The molecule has 2 rings (SSSR count).